The minimum atomic E-state index is -0.883. The van der Waals surface area contributed by atoms with E-state index in [-0.39, 0.29) is 5.52 Å². The van der Waals surface area contributed by atoms with Crippen LogP contribution >= 0.6 is 12.2 Å². The van der Waals surface area contributed by atoms with Crippen molar-refractivity contribution in [1.82, 2.24) is 19.3 Å². The minimum absolute atomic E-state index is 0.166. The van der Waals surface area contributed by atoms with Crippen LogP contribution in [0, 0.1) is 23.3 Å². The molecule has 104 valence electrons. The molecule has 0 amide bonds. The summed E-state index contributed by atoms with van der Waals surface area (Å²) < 4.78 is 30.9. The Morgan fingerprint density at radius 2 is 2.10 bits per heavy atom. The maximum Gasteiger partial charge on any atom is 0.184 e. The molecule has 0 saturated heterocycles. The van der Waals surface area contributed by atoms with E-state index in [2.05, 4.69) is 10.1 Å². The highest BCUT2D eigenvalue weighted by Crippen LogP contribution is 2.20. The normalized spacial score (nSPS) is 11.3. The van der Waals surface area contributed by atoms with Gasteiger partial charge in [-0.15, -0.1) is 0 Å². The van der Waals surface area contributed by atoms with Gasteiger partial charge >= 0.3 is 0 Å². The molecule has 0 bridgehead atoms. The number of aromatic nitrogens is 4. The fourth-order valence-electron chi connectivity index (χ4n) is 2.19. The van der Waals surface area contributed by atoms with E-state index in [1.54, 1.807) is 15.4 Å². The average Bonchev–Trinajstić information content (AvgIpc) is 2.95. The number of aryl methyl sites for hydroxylation is 3. The summed E-state index contributed by atoms with van der Waals surface area (Å²) in [6, 6.07) is 2.57. The molecule has 7 heteroatoms. The zero-order valence-corrected chi connectivity index (χ0v) is 11.5. The summed E-state index contributed by atoms with van der Waals surface area (Å²) in [6.45, 7) is 2.89. The van der Waals surface area contributed by atoms with Gasteiger partial charge < -0.3 is 9.55 Å². The minimum Gasteiger partial charge on any atom is -0.330 e. The number of hydrogen-bond donors (Lipinski definition) is 1. The molecule has 20 heavy (non-hydrogen) atoms. The molecule has 1 N–H and O–H groups in total. The summed E-state index contributed by atoms with van der Waals surface area (Å²) in [5.41, 5.74) is 1.70. The van der Waals surface area contributed by atoms with Gasteiger partial charge in [0.25, 0.3) is 0 Å². The number of nitrogens with zero attached hydrogens (tertiary/aromatic N) is 3. The summed E-state index contributed by atoms with van der Waals surface area (Å²) in [5, 5.41) is 4.16. The predicted molar refractivity (Wildman–Crippen MR) is 74.0 cm³/mol. The van der Waals surface area contributed by atoms with E-state index < -0.39 is 11.6 Å². The van der Waals surface area contributed by atoms with Crippen molar-refractivity contribution in [1.29, 1.82) is 0 Å². The van der Waals surface area contributed by atoms with Crippen LogP contribution in [0.4, 0.5) is 8.78 Å². The van der Waals surface area contributed by atoms with Crippen molar-refractivity contribution in [2.24, 2.45) is 0 Å². The molecule has 0 spiro atoms. The van der Waals surface area contributed by atoms with E-state index in [4.69, 9.17) is 12.2 Å². The Bertz CT molecular complexity index is 831. The van der Waals surface area contributed by atoms with Gasteiger partial charge in [0, 0.05) is 12.7 Å². The molecule has 4 nitrogen and oxygen atoms in total. The topological polar surface area (TPSA) is 38.5 Å². The highest BCUT2D eigenvalue weighted by atomic mass is 32.1. The molecule has 3 rings (SSSR count). The van der Waals surface area contributed by atoms with Gasteiger partial charge in [0.2, 0.25) is 0 Å². The van der Waals surface area contributed by atoms with Gasteiger partial charge in [-0.05, 0) is 36.8 Å². The van der Waals surface area contributed by atoms with Crippen molar-refractivity contribution in [3.05, 3.63) is 46.5 Å². The van der Waals surface area contributed by atoms with Crippen molar-refractivity contribution in [2.45, 2.75) is 20.0 Å². The van der Waals surface area contributed by atoms with E-state index in [0.29, 0.717) is 23.4 Å². The summed E-state index contributed by atoms with van der Waals surface area (Å²) in [7, 11) is 0. The molecular formula is C13H12F2N4S. The standard InChI is InChI=1S/C13H12F2N4S/c1-8-6-16-18(7-8)4-5-19-12-10(17-13(19)20)3-2-9(14)11(12)15/h2-3,6-7H,4-5H2,1H3,(H,17,20). The van der Waals surface area contributed by atoms with Crippen LogP contribution in [0.2, 0.25) is 0 Å². The quantitative estimate of drug-likeness (QED) is 0.753. The van der Waals surface area contributed by atoms with Crippen LogP contribution in [0.5, 0.6) is 0 Å². The SMILES string of the molecule is Cc1cnn(CCn2c(=S)[nH]c3ccc(F)c(F)c32)c1. The summed E-state index contributed by atoms with van der Waals surface area (Å²) in [4.78, 5) is 2.88. The Labute approximate surface area is 118 Å². The maximum atomic E-state index is 13.9. The van der Waals surface area contributed by atoms with Gasteiger partial charge in [0.1, 0.15) is 5.52 Å². The van der Waals surface area contributed by atoms with Crippen molar-refractivity contribution >= 4 is 23.3 Å². The summed E-state index contributed by atoms with van der Waals surface area (Å²) in [6.07, 6.45) is 3.63. The van der Waals surface area contributed by atoms with Gasteiger partial charge in [-0.3, -0.25) is 4.68 Å². The number of aromatic amines is 1. The lowest BCUT2D eigenvalue weighted by Gasteiger charge is -2.06. The molecule has 1 aromatic carbocycles. The third-order valence-electron chi connectivity index (χ3n) is 3.14. The lowest BCUT2D eigenvalue weighted by atomic mass is 10.3. The van der Waals surface area contributed by atoms with Crippen LogP contribution in [0.25, 0.3) is 11.0 Å². The zero-order valence-electron chi connectivity index (χ0n) is 10.7. The van der Waals surface area contributed by atoms with Crippen molar-refractivity contribution in [3.63, 3.8) is 0 Å². The number of fused-ring (bicyclic) bond motifs is 1. The van der Waals surface area contributed by atoms with E-state index in [1.165, 1.54) is 6.07 Å². The maximum absolute atomic E-state index is 13.9. The van der Waals surface area contributed by atoms with E-state index >= 15 is 0 Å². The summed E-state index contributed by atoms with van der Waals surface area (Å²) >= 11 is 5.17. The molecular weight excluding hydrogens is 282 g/mol. The van der Waals surface area contributed by atoms with Gasteiger partial charge in [0.15, 0.2) is 16.4 Å². The van der Waals surface area contributed by atoms with E-state index in [0.717, 1.165) is 11.6 Å². The van der Waals surface area contributed by atoms with Crippen LogP contribution in [-0.4, -0.2) is 19.3 Å². The molecule has 0 fully saturated rings. The average molecular weight is 294 g/mol. The van der Waals surface area contributed by atoms with Gasteiger partial charge in [-0.25, -0.2) is 8.78 Å². The van der Waals surface area contributed by atoms with E-state index in [1.807, 2.05) is 13.1 Å². The molecule has 2 heterocycles. The molecule has 0 saturated carbocycles. The molecule has 0 atom stereocenters. The summed E-state index contributed by atoms with van der Waals surface area (Å²) in [5.74, 6) is -1.76. The third kappa shape index (κ3) is 2.14. The highest BCUT2D eigenvalue weighted by molar-refractivity contribution is 7.71. The fourth-order valence-corrected chi connectivity index (χ4v) is 2.49. The first kappa shape index (κ1) is 13.0. The van der Waals surface area contributed by atoms with Crippen molar-refractivity contribution in [3.8, 4) is 0 Å². The highest BCUT2D eigenvalue weighted by Gasteiger charge is 2.13. The van der Waals surface area contributed by atoms with Crippen molar-refractivity contribution in [2.75, 3.05) is 0 Å². The van der Waals surface area contributed by atoms with E-state index in [9.17, 15) is 8.78 Å². The number of H-pyrrole nitrogens is 1. The molecule has 2 aromatic heterocycles. The number of hydrogen-bond acceptors (Lipinski definition) is 2. The second kappa shape index (κ2) is 4.82. The van der Waals surface area contributed by atoms with Crippen molar-refractivity contribution < 1.29 is 8.78 Å². The molecule has 3 aromatic rings. The van der Waals surface area contributed by atoms with Gasteiger partial charge in [0.05, 0.1) is 18.3 Å². The van der Waals surface area contributed by atoms with Gasteiger partial charge in [-0.2, -0.15) is 5.10 Å². The second-order valence-corrected chi connectivity index (χ2v) is 5.01. The number of benzene rings is 1. The first-order valence-corrected chi connectivity index (χ1v) is 6.52. The number of imidazole rings is 1. The molecule has 0 aliphatic heterocycles. The van der Waals surface area contributed by atoms with Crippen LogP contribution in [0.15, 0.2) is 24.5 Å². The third-order valence-corrected chi connectivity index (χ3v) is 3.46. The largest absolute Gasteiger partial charge is 0.330 e. The molecule has 0 radical (unpaired) electrons. The second-order valence-electron chi connectivity index (χ2n) is 4.62. The lowest BCUT2D eigenvalue weighted by molar-refractivity contribution is 0.501. The molecule has 0 aliphatic carbocycles. The Morgan fingerprint density at radius 3 is 2.80 bits per heavy atom. The fraction of sp³-hybridized carbons (Fsp3) is 0.231. The first-order chi connectivity index (χ1) is 9.56. The van der Waals surface area contributed by atoms with Crippen LogP contribution in [0.3, 0.4) is 0 Å². The van der Waals surface area contributed by atoms with Crippen LogP contribution in [0.1, 0.15) is 5.56 Å². The predicted octanol–water partition coefficient (Wildman–Crippen LogP) is 3.18. The van der Waals surface area contributed by atoms with Gasteiger partial charge in [-0.1, -0.05) is 0 Å². The van der Waals surface area contributed by atoms with Crippen LogP contribution < -0.4 is 0 Å². The Kier molecular flexibility index (Phi) is 3.13. The Balaban J connectivity index is 2.00. The first-order valence-electron chi connectivity index (χ1n) is 6.12. The molecule has 0 unspecified atom stereocenters. The zero-order chi connectivity index (χ0) is 14.3. The smallest absolute Gasteiger partial charge is 0.184 e. The Hall–Kier alpha value is -2.02. The molecule has 0 aliphatic rings. The number of rotatable bonds is 3. The lowest BCUT2D eigenvalue weighted by Crippen LogP contribution is -2.08. The number of nitrogens with one attached hydrogen (secondary N) is 1. The Morgan fingerprint density at radius 1 is 1.30 bits per heavy atom. The van der Waals surface area contributed by atoms with Crippen LogP contribution in [-0.2, 0) is 13.1 Å². The number of halogens is 2. The monoisotopic (exact) mass is 294 g/mol.